The zero-order chi connectivity index (χ0) is 23.8. The number of nitrogens with one attached hydrogen (secondary N) is 1. The maximum atomic E-state index is 13.0. The molecule has 1 unspecified atom stereocenters. The van der Waals surface area contributed by atoms with Crippen LogP contribution in [0.4, 0.5) is 4.39 Å². The van der Waals surface area contributed by atoms with E-state index in [2.05, 4.69) is 36.3 Å². The number of aromatic nitrogens is 2. The van der Waals surface area contributed by atoms with Crippen LogP contribution in [0.2, 0.25) is 0 Å². The van der Waals surface area contributed by atoms with E-state index in [1.54, 1.807) is 11.8 Å². The SMILES string of the molecule is O=C(NCCCSCc1ccc(F)cc1)C1CCCN(Cc2nc(-c3ccc(Br)cc3)no2)C1. The summed E-state index contributed by atoms with van der Waals surface area (Å²) in [5.74, 6) is 2.84. The first-order valence-corrected chi connectivity index (χ1v) is 13.4. The number of rotatable bonds is 10. The van der Waals surface area contributed by atoms with Gasteiger partial charge in [-0.25, -0.2) is 4.39 Å². The molecule has 3 aromatic rings. The smallest absolute Gasteiger partial charge is 0.241 e. The maximum Gasteiger partial charge on any atom is 0.241 e. The summed E-state index contributed by atoms with van der Waals surface area (Å²) in [6.07, 6.45) is 2.78. The molecule has 1 fully saturated rings. The van der Waals surface area contributed by atoms with Crippen molar-refractivity contribution in [1.29, 1.82) is 0 Å². The Balaban J connectivity index is 1.16. The van der Waals surface area contributed by atoms with E-state index < -0.39 is 0 Å². The lowest BCUT2D eigenvalue weighted by Gasteiger charge is -2.30. The third-order valence-electron chi connectivity index (χ3n) is 5.75. The van der Waals surface area contributed by atoms with Gasteiger partial charge in [0.1, 0.15) is 5.82 Å². The highest BCUT2D eigenvalue weighted by Crippen LogP contribution is 2.22. The standard InChI is InChI=1S/C25H28BrFN4O2S/c26-21-8-6-19(7-9-21)24-29-23(33-30-24)16-31-13-1-3-20(15-31)25(32)28-12-2-14-34-17-18-4-10-22(27)11-5-18/h4-11,20H,1-3,12-17H2,(H,28,32). The molecule has 34 heavy (non-hydrogen) atoms. The van der Waals surface area contributed by atoms with Gasteiger partial charge < -0.3 is 9.84 Å². The van der Waals surface area contributed by atoms with E-state index in [-0.39, 0.29) is 17.6 Å². The fraction of sp³-hybridized carbons (Fsp3) is 0.400. The minimum atomic E-state index is -0.208. The van der Waals surface area contributed by atoms with Gasteiger partial charge in [0.25, 0.3) is 0 Å². The Labute approximate surface area is 211 Å². The topological polar surface area (TPSA) is 71.3 Å². The van der Waals surface area contributed by atoms with Crippen LogP contribution in [0.25, 0.3) is 11.4 Å². The fourth-order valence-corrected chi connectivity index (χ4v) is 5.13. The van der Waals surface area contributed by atoms with Crippen LogP contribution in [0.15, 0.2) is 57.5 Å². The van der Waals surface area contributed by atoms with Gasteiger partial charge >= 0.3 is 0 Å². The second-order valence-electron chi connectivity index (χ2n) is 8.42. The molecule has 4 rings (SSSR count). The third kappa shape index (κ3) is 7.38. The van der Waals surface area contributed by atoms with Crippen molar-refractivity contribution in [3.05, 3.63) is 70.3 Å². The molecule has 0 bridgehead atoms. The lowest BCUT2D eigenvalue weighted by molar-refractivity contribution is -0.126. The maximum absolute atomic E-state index is 13.0. The Morgan fingerprint density at radius 3 is 2.79 bits per heavy atom. The van der Waals surface area contributed by atoms with Gasteiger partial charge in [0.2, 0.25) is 17.6 Å². The Morgan fingerprint density at radius 2 is 2.00 bits per heavy atom. The first-order chi connectivity index (χ1) is 16.6. The molecule has 0 radical (unpaired) electrons. The number of thioether (sulfide) groups is 1. The molecule has 0 aliphatic carbocycles. The van der Waals surface area contributed by atoms with Gasteiger partial charge in [0.15, 0.2) is 0 Å². The molecule has 2 aromatic carbocycles. The molecule has 180 valence electrons. The van der Waals surface area contributed by atoms with Gasteiger partial charge in [-0.05, 0) is 73.5 Å². The van der Waals surface area contributed by atoms with Crippen molar-refractivity contribution < 1.29 is 13.7 Å². The highest BCUT2D eigenvalue weighted by atomic mass is 79.9. The summed E-state index contributed by atoms with van der Waals surface area (Å²) in [5.41, 5.74) is 2.02. The first-order valence-electron chi connectivity index (χ1n) is 11.5. The van der Waals surface area contributed by atoms with Crippen molar-refractivity contribution in [3.63, 3.8) is 0 Å². The van der Waals surface area contributed by atoms with Crippen molar-refractivity contribution in [1.82, 2.24) is 20.4 Å². The Hall–Kier alpha value is -2.23. The Morgan fingerprint density at radius 1 is 1.21 bits per heavy atom. The number of carbonyl (C=O) groups is 1. The molecule has 9 heteroatoms. The van der Waals surface area contributed by atoms with Crippen molar-refractivity contribution in [2.24, 2.45) is 5.92 Å². The largest absolute Gasteiger partial charge is 0.356 e. The molecular weight excluding hydrogens is 519 g/mol. The van der Waals surface area contributed by atoms with Crippen LogP contribution in [0.3, 0.4) is 0 Å². The highest BCUT2D eigenvalue weighted by Gasteiger charge is 2.26. The molecule has 0 saturated carbocycles. The molecule has 6 nitrogen and oxygen atoms in total. The fourth-order valence-electron chi connectivity index (χ4n) is 3.94. The second kappa shape index (κ2) is 12.5. The molecule has 1 saturated heterocycles. The molecule has 0 spiro atoms. The van der Waals surface area contributed by atoms with Crippen LogP contribution >= 0.6 is 27.7 Å². The number of carbonyl (C=O) groups excluding carboxylic acids is 1. The van der Waals surface area contributed by atoms with Crippen molar-refractivity contribution >= 4 is 33.6 Å². The minimum absolute atomic E-state index is 0.0190. The number of likely N-dealkylation sites (tertiary alicyclic amines) is 1. The molecule has 1 N–H and O–H groups in total. The molecule has 1 aliphatic heterocycles. The van der Waals surface area contributed by atoms with Gasteiger partial charge in [-0.15, -0.1) is 0 Å². The Bertz CT molecular complexity index is 1060. The van der Waals surface area contributed by atoms with Gasteiger partial charge in [0.05, 0.1) is 12.5 Å². The molecule has 2 heterocycles. The van der Waals surface area contributed by atoms with E-state index >= 15 is 0 Å². The van der Waals surface area contributed by atoms with Crippen LogP contribution in [0.1, 0.15) is 30.7 Å². The highest BCUT2D eigenvalue weighted by molar-refractivity contribution is 9.10. The zero-order valence-corrected chi connectivity index (χ0v) is 21.3. The second-order valence-corrected chi connectivity index (χ2v) is 10.4. The predicted octanol–water partition coefficient (Wildman–Crippen LogP) is 5.29. The van der Waals surface area contributed by atoms with E-state index in [1.807, 2.05) is 36.4 Å². The number of hydrogen-bond acceptors (Lipinski definition) is 6. The average molecular weight is 547 g/mol. The number of benzene rings is 2. The van der Waals surface area contributed by atoms with Crippen LogP contribution in [-0.4, -0.2) is 46.3 Å². The molecule has 1 amide bonds. The van der Waals surface area contributed by atoms with E-state index in [4.69, 9.17) is 4.52 Å². The van der Waals surface area contributed by atoms with Gasteiger partial charge in [0, 0.05) is 28.9 Å². The van der Waals surface area contributed by atoms with Crippen molar-refractivity contribution in [3.8, 4) is 11.4 Å². The predicted molar refractivity (Wildman–Crippen MR) is 136 cm³/mol. The Kier molecular flexibility index (Phi) is 9.12. The summed E-state index contributed by atoms with van der Waals surface area (Å²) in [6.45, 7) is 2.83. The van der Waals surface area contributed by atoms with Gasteiger partial charge in [-0.2, -0.15) is 16.7 Å². The summed E-state index contributed by atoms with van der Waals surface area (Å²) >= 11 is 5.22. The molecule has 1 atom stereocenters. The van der Waals surface area contributed by atoms with Crippen LogP contribution in [0, 0.1) is 11.7 Å². The third-order valence-corrected chi connectivity index (χ3v) is 7.40. The lowest BCUT2D eigenvalue weighted by atomic mass is 9.97. The number of piperidine rings is 1. The molecule has 1 aromatic heterocycles. The number of nitrogens with zero attached hydrogens (tertiary/aromatic N) is 3. The quantitative estimate of drug-likeness (QED) is 0.348. The summed E-state index contributed by atoms with van der Waals surface area (Å²) < 4.78 is 19.4. The van der Waals surface area contributed by atoms with Crippen LogP contribution < -0.4 is 5.32 Å². The number of halogens is 2. The summed E-state index contributed by atoms with van der Waals surface area (Å²) in [6, 6.07) is 14.4. The number of hydrogen-bond donors (Lipinski definition) is 1. The van der Waals surface area contributed by atoms with E-state index in [0.29, 0.717) is 31.3 Å². The van der Waals surface area contributed by atoms with Gasteiger partial charge in [-0.1, -0.05) is 33.2 Å². The van der Waals surface area contributed by atoms with Crippen LogP contribution in [-0.2, 0) is 17.1 Å². The van der Waals surface area contributed by atoms with Gasteiger partial charge in [-0.3, -0.25) is 9.69 Å². The monoisotopic (exact) mass is 546 g/mol. The number of amides is 1. The summed E-state index contributed by atoms with van der Waals surface area (Å²) in [5, 5.41) is 7.19. The van der Waals surface area contributed by atoms with E-state index in [1.165, 1.54) is 12.1 Å². The van der Waals surface area contributed by atoms with Crippen LogP contribution in [0.5, 0.6) is 0 Å². The minimum Gasteiger partial charge on any atom is -0.356 e. The normalized spacial score (nSPS) is 16.5. The average Bonchev–Trinajstić information content (AvgIpc) is 3.31. The van der Waals surface area contributed by atoms with E-state index in [9.17, 15) is 9.18 Å². The lowest BCUT2D eigenvalue weighted by Crippen LogP contribution is -2.43. The molecular formula is C25H28BrFN4O2S. The van der Waals surface area contributed by atoms with Crippen molar-refractivity contribution in [2.75, 3.05) is 25.4 Å². The van der Waals surface area contributed by atoms with E-state index in [0.717, 1.165) is 52.9 Å². The summed E-state index contributed by atoms with van der Waals surface area (Å²) in [4.78, 5) is 19.4. The zero-order valence-electron chi connectivity index (χ0n) is 18.9. The van der Waals surface area contributed by atoms with Crippen molar-refractivity contribution in [2.45, 2.75) is 31.6 Å². The molecule has 1 aliphatic rings. The summed E-state index contributed by atoms with van der Waals surface area (Å²) in [7, 11) is 0. The first kappa shape index (κ1) is 24.9.